The molecule has 1 aromatic rings. The molecule has 1 N–H and O–H groups in total. The SMILES string of the molecule is CC(CC(=O)N1CCCN(C(=O)Cc2cccc(F)c2)CC1)C1CCNCC1.Cl. The van der Waals surface area contributed by atoms with Crippen LogP contribution in [-0.4, -0.2) is 60.9 Å². The second-order valence-electron chi connectivity index (χ2n) is 8.19. The fourth-order valence-electron chi connectivity index (χ4n) is 4.33. The maximum absolute atomic E-state index is 13.3. The first kappa shape index (κ1) is 23.6. The molecular weight excluding hydrogens is 393 g/mol. The third-order valence-corrected chi connectivity index (χ3v) is 6.13. The summed E-state index contributed by atoms with van der Waals surface area (Å²) in [5.41, 5.74) is 0.693. The molecule has 2 aliphatic heterocycles. The summed E-state index contributed by atoms with van der Waals surface area (Å²) in [6.07, 6.45) is 3.90. The van der Waals surface area contributed by atoms with Crippen molar-refractivity contribution < 1.29 is 14.0 Å². The van der Waals surface area contributed by atoms with Crippen molar-refractivity contribution in [3.8, 4) is 0 Å². The van der Waals surface area contributed by atoms with Gasteiger partial charge in [-0.2, -0.15) is 0 Å². The molecule has 2 heterocycles. The van der Waals surface area contributed by atoms with Crippen LogP contribution >= 0.6 is 12.4 Å². The number of amides is 2. The fraction of sp³-hybridized carbons (Fsp3) is 0.636. The van der Waals surface area contributed by atoms with Crippen LogP contribution in [0.1, 0.15) is 38.2 Å². The first-order valence-electron chi connectivity index (χ1n) is 10.5. The van der Waals surface area contributed by atoms with Crippen molar-refractivity contribution in [2.24, 2.45) is 11.8 Å². The third kappa shape index (κ3) is 6.96. The van der Waals surface area contributed by atoms with Gasteiger partial charge in [0.2, 0.25) is 11.8 Å². The lowest BCUT2D eigenvalue weighted by Crippen LogP contribution is -2.39. The highest BCUT2D eigenvalue weighted by atomic mass is 35.5. The molecule has 7 heteroatoms. The topological polar surface area (TPSA) is 52.7 Å². The van der Waals surface area contributed by atoms with Gasteiger partial charge in [0.05, 0.1) is 6.42 Å². The number of carbonyl (C=O) groups excluding carboxylic acids is 2. The van der Waals surface area contributed by atoms with Gasteiger partial charge in [0.1, 0.15) is 5.82 Å². The highest BCUT2D eigenvalue weighted by Gasteiger charge is 2.26. The van der Waals surface area contributed by atoms with E-state index in [2.05, 4.69) is 12.2 Å². The van der Waals surface area contributed by atoms with Crippen molar-refractivity contribution >= 4 is 24.2 Å². The van der Waals surface area contributed by atoms with Crippen LogP contribution in [0.2, 0.25) is 0 Å². The quantitative estimate of drug-likeness (QED) is 0.789. The number of nitrogens with zero attached hydrogens (tertiary/aromatic N) is 2. The van der Waals surface area contributed by atoms with Crippen molar-refractivity contribution in [2.45, 2.75) is 39.0 Å². The molecule has 2 fully saturated rings. The number of halogens is 2. The molecule has 0 bridgehead atoms. The highest BCUT2D eigenvalue weighted by molar-refractivity contribution is 5.85. The standard InChI is InChI=1S/C22H32FN3O2.ClH/c1-17(19-6-8-24-9-7-19)14-21(27)25-10-3-11-26(13-12-25)22(28)16-18-4-2-5-20(23)15-18;/h2,4-5,15,17,19,24H,3,6-14,16H2,1H3;1H. The van der Waals surface area contributed by atoms with Crippen LogP contribution in [-0.2, 0) is 16.0 Å². The second kappa shape index (κ2) is 11.5. The van der Waals surface area contributed by atoms with Crippen LogP contribution in [0.25, 0.3) is 0 Å². The summed E-state index contributed by atoms with van der Waals surface area (Å²) in [5, 5.41) is 3.38. The third-order valence-electron chi connectivity index (χ3n) is 6.13. The van der Waals surface area contributed by atoms with Crippen LogP contribution in [0, 0.1) is 17.7 Å². The van der Waals surface area contributed by atoms with E-state index >= 15 is 0 Å². The average Bonchev–Trinajstić information content (AvgIpc) is 2.95. The summed E-state index contributed by atoms with van der Waals surface area (Å²) >= 11 is 0. The van der Waals surface area contributed by atoms with Crippen LogP contribution in [0.4, 0.5) is 4.39 Å². The summed E-state index contributed by atoms with van der Waals surface area (Å²) < 4.78 is 13.3. The lowest BCUT2D eigenvalue weighted by atomic mass is 9.84. The first-order chi connectivity index (χ1) is 13.5. The number of nitrogens with one attached hydrogen (secondary N) is 1. The lowest BCUT2D eigenvalue weighted by molar-refractivity contribution is -0.134. The van der Waals surface area contributed by atoms with Gasteiger partial charge in [-0.3, -0.25) is 9.59 Å². The number of rotatable bonds is 5. The number of carbonyl (C=O) groups is 2. The van der Waals surface area contributed by atoms with Crippen LogP contribution in [0.15, 0.2) is 24.3 Å². The van der Waals surface area contributed by atoms with Gasteiger partial charge >= 0.3 is 0 Å². The molecule has 1 atom stereocenters. The number of piperidine rings is 1. The molecular formula is C22H33ClFN3O2. The molecule has 0 aromatic heterocycles. The Morgan fingerprint density at radius 2 is 1.76 bits per heavy atom. The Hall–Kier alpha value is -1.66. The minimum absolute atomic E-state index is 0. The van der Waals surface area contributed by atoms with Gasteiger partial charge in [0, 0.05) is 32.6 Å². The molecule has 0 spiro atoms. The Morgan fingerprint density at radius 1 is 1.10 bits per heavy atom. The minimum atomic E-state index is -0.319. The number of hydrogen-bond acceptors (Lipinski definition) is 3. The molecule has 2 amide bonds. The summed E-state index contributed by atoms with van der Waals surface area (Å²) in [6, 6.07) is 6.20. The number of benzene rings is 1. The molecule has 3 rings (SSSR count). The van der Waals surface area contributed by atoms with Crippen molar-refractivity contribution in [3.05, 3.63) is 35.6 Å². The van der Waals surface area contributed by atoms with Gasteiger partial charge < -0.3 is 15.1 Å². The smallest absolute Gasteiger partial charge is 0.227 e. The van der Waals surface area contributed by atoms with E-state index in [4.69, 9.17) is 0 Å². The predicted octanol–water partition coefficient (Wildman–Crippen LogP) is 2.88. The largest absolute Gasteiger partial charge is 0.341 e. The molecule has 0 saturated carbocycles. The maximum Gasteiger partial charge on any atom is 0.227 e. The van der Waals surface area contributed by atoms with Gasteiger partial charge in [-0.1, -0.05) is 19.1 Å². The van der Waals surface area contributed by atoms with Crippen LogP contribution in [0.3, 0.4) is 0 Å². The molecule has 0 aliphatic carbocycles. The van der Waals surface area contributed by atoms with Gasteiger partial charge in [0.25, 0.3) is 0 Å². The van der Waals surface area contributed by atoms with E-state index < -0.39 is 0 Å². The van der Waals surface area contributed by atoms with Gasteiger partial charge in [-0.05, 0) is 61.9 Å². The summed E-state index contributed by atoms with van der Waals surface area (Å²) in [5.74, 6) is 0.930. The summed E-state index contributed by atoms with van der Waals surface area (Å²) in [4.78, 5) is 29.1. The lowest BCUT2D eigenvalue weighted by Gasteiger charge is -2.30. The van der Waals surface area contributed by atoms with Crippen molar-refractivity contribution in [1.82, 2.24) is 15.1 Å². The van der Waals surface area contributed by atoms with Gasteiger partial charge in [-0.15, -0.1) is 12.4 Å². The van der Waals surface area contributed by atoms with E-state index in [9.17, 15) is 14.0 Å². The molecule has 1 aromatic carbocycles. The zero-order valence-electron chi connectivity index (χ0n) is 17.2. The molecule has 162 valence electrons. The molecule has 1 unspecified atom stereocenters. The molecule has 5 nitrogen and oxygen atoms in total. The van der Waals surface area contributed by atoms with Gasteiger partial charge in [0.15, 0.2) is 0 Å². The van der Waals surface area contributed by atoms with Crippen molar-refractivity contribution in [3.63, 3.8) is 0 Å². The highest BCUT2D eigenvalue weighted by Crippen LogP contribution is 2.25. The number of hydrogen-bond donors (Lipinski definition) is 1. The van der Waals surface area contributed by atoms with E-state index in [1.54, 1.807) is 12.1 Å². The Morgan fingerprint density at radius 3 is 2.41 bits per heavy atom. The van der Waals surface area contributed by atoms with Crippen LogP contribution in [0.5, 0.6) is 0 Å². The predicted molar refractivity (Wildman–Crippen MR) is 115 cm³/mol. The zero-order chi connectivity index (χ0) is 19.9. The molecule has 29 heavy (non-hydrogen) atoms. The molecule has 2 saturated heterocycles. The van der Waals surface area contributed by atoms with Crippen LogP contribution < -0.4 is 5.32 Å². The summed E-state index contributed by atoms with van der Waals surface area (Å²) in [7, 11) is 0. The first-order valence-corrected chi connectivity index (χ1v) is 10.5. The monoisotopic (exact) mass is 425 g/mol. The Bertz CT molecular complexity index is 682. The van der Waals surface area contributed by atoms with E-state index in [1.165, 1.54) is 12.1 Å². The van der Waals surface area contributed by atoms with E-state index in [0.717, 1.165) is 32.4 Å². The Kier molecular flexibility index (Phi) is 9.37. The van der Waals surface area contributed by atoms with E-state index in [-0.39, 0.29) is 36.5 Å². The zero-order valence-corrected chi connectivity index (χ0v) is 18.1. The Labute approximate surface area is 179 Å². The minimum Gasteiger partial charge on any atom is -0.341 e. The summed E-state index contributed by atoms with van der Waals surface area (Å²) in [6.45, 7) is 6.81. The Balaban J connectivity index is 0.00000300. The normalized spacial score (nSPS) is 19.2. The van der Waals surface area contributed by atoms with E-state index in [0.29, 0.717) is 50.0 Å². The van der Waals surface area contributed by atoms with E-state index in [1.807, 2.05) is 9.80 Å². The van der Waals surface area contributed by atoms with Crippen molar-refractivity contribution in [1.29, 1.82) is 0 Å². The fourth-order valence-corrected chi connectivity index (χ4v) is 4.33. The average molecular weight is 426 g/mol. The molecule has 0 radical (unpaired) electrons. The van der Waals surface area contributed by atoms with Crippen molar-refractivity contribution in [2.75, 3.05) is 39.3 Å². The van der Waals surface area contributed by atoms with Gasteiger partial charge in [-0.25, -0.2) is 4.39 Å². The maximum atomic E-state index is 13.3. The second-order valence-corrected chi connectivity index (χ2v) is 8.19. The molecule has 2 aliphatic rings.